The summed E-state index contributed by atoms with van der Waals surface area (Å²) in [6.07, 6.45) is -0.239. The van der Waals surface area contributed by atoms with Crippen molar-refractivity contribution in [1.82, 2.24) is 4.90 Å². The molecule has 0 bridgehead atoms. The highest BCUT2D eigenvalue weighted by molar-refractivity contribution is 6.46. The Morgan fingerprint density at radius 2 is 1.43 bits per heavy atom. The minimum absolute atomic E-state index is 0.0361. The number of benzene rings is 3. The molecule has 0 unspecified atom stereocenters. The van der Waals surface area contributed by atoms with Crippen LogP contribution in [-0.2, 0) is 14.4 Å². The maximum absolute atomic E-state index is 13.2. The molecule has 1 amide bonds. The van der Waals surface area contributed by atoms with Crippen LogP contribution in [0.4, 0.5) is 0 Å². The van der Waals surface area contributed by atoms with Crippen molar-refractivity contribution in [1.29, 1.82) is 0 Å². The third-order valence-corrected chi connectivity index (χ3v) is 6.46. The number of Topliss-reactive ketones (excluding diaryl/α,β-unsaturated/α-hetero) is 1. The van der Waals surface area contributed by atoms with Crippen molar-refractivity contribution >= 4 is 46.6 Å². The molecule has 0 aliphatic carbocycles. The largest absolute Gasteiger partial charge is 0.507 e. The minimum atomic E-state index is -1.03. The summed E-state index contributed by atoms with van der Waals surface area (Å²) in [7, 11) is 0. The van der Waals surface area contributed by atoms with E-state index in [0.29, 0.717) is 21.2 Å². The molecule has 0 radical (unpaired) electrons. The number of hydrogen-bond acceptors (Lipinski definition) is 4. The molecule has 3 aromatic rings. The Kier molecular flexibility index (Phi) is 7.24. The molecule has 1 aliphatic rings. The van der Waals surface area contributed by atoms with Crippen LogP contribution in [0.2, 0.25) is 10.0 Å². The standard InChI is InChI=1S/C27H21Cl2NO5/c28-20-10-6-17(7-11-20)24-23(25(33)18-8-12-21(29)13-9-18)26(34)27(35)30(24)15-19(14-22(31)32)16-4-2-1-3-5-16/h1-13,19,24,33H,14-15H2,(H,31,32)/t19-,24+/m1/s1. The molecular formula is C27H21Cl2NO5. The molecule has 1 heterocycles. The molecule has 3 aromatic carbocycles. The predicted molar refractivity (Wildman–Crippen MR) is 133 cm³/mol. The normalized spacial score (nSPS) is 18.0. The first-order chi connectivity index (χ1) is 16.8. The number of amides is 1. The number of halogens is 2. The third-order valence-electron chi connectivity index (χ3n) is 5.95. The van der Waals surface area contributed by atoms with Gasteiger partial charge in [-0.15, -0.1) is 0 Å². The number of likely N-dealkylation sites (tertiary alicyclic amines) is 1. The van der Waals surface area contributed by atoms with E-state index >= 15 is 0 Å². The summed E-state index contributed by atoms with van der Waals surface area (Å²) < 4.78 is 0. The molecule has 0 aromatic heterocycles. The lowest BCUT2D eigenvalue weighted by Crippen LogP contribution is -2.34. The Labute approximate surface area is 212 Å². The SMILES string of the molecule is O=C(O)C[C@H](CN1C(=O)C(=O)C(=C(O)c2ccc(Cl)cc2)[C@@H]1c1ccc(Cl)cc1)c1ccccc1. The van der Waals surface area contributed by atoms with Gasteiger partial charge in [0.25, 0.3) is 11.7 Å². The van der Waals surface area contributed by atoms with Gasteiger partial charge in [0.2, 0.25) is 0 Å². The van der Waals surface area contributed by atoms with Crippen molar-refractivity contribution < 1.29 is 24.6 Å². The average Bonchev–Trinajstić information content (AvgIpc) is 3.09. The molecule has 1 saturated heterocycles. The number of carbonyl (C=O) groups is 3. The van der Waals surface area contributed by atoms with Gasteiger partial charge in [-0.2, -0.15) is 0 Å². The Morgan fingerprint density at radius 3 is 2.00 bits per heavy atom. The monoisotopic (exact) mass is 509 g/mol. The Hall–Kier alpha value is -3.61. The number of aliphatic hydroxyl groups excluding tert-OH is 1. The first-order valence-electron chi connectivity index (χ1n) is 10.8. The van der Waals surface area contributed by atoms with E-state index in [2.05, 4.69) is 0 Å². The number of carbonyl (C=O) groups excluding carboxylic acids is 2. The number of nitrogens with zero attached hydrogens (tertiary/aromatic N) is 1. The van der Waals surface area contributed by atoms with Crippen LogP contribution in [0.5, 0.6) is 0 Å². The number of aliphatic carboxylic acids is 1. The number of hydrogen-bond donors (Lipinski definition) is 2. The van der Waals surface area contributed by atoms with E-state index in [1.54, 1.807) is 72.8 Å². The van der Waals surface area contributed by atoms with Gasteiger partial charge >= 0.3 is 5.97 Å². The molecule has 35 heavy (non-hydrogen) atoms. The molecule has 2 atom stereocenters. The first kappa shape index (κ1) is 24.5. The number of carboxylic acid groups (broad SMARTS) is 1. The molecule has 0 saturated carbocycles. The van der Waals surface area contributed by atoms with E-state index < -0.39 is 29.6 Å². The van der Waals surface area contributed by atoms with Crippen LogP contribution in [0.15, 0.2) is 84.4 Å². The third kappa shape index (κ3) is 5.24. The lowest BCUT2D eigenvalue weighted by atomic mass is 9.92. The van der Waals surface area contributed by atoms with Gasteiger partial charge in [-0.25, -0.2) is 0 Å². The maximum atomic E-state index is 13.2. The number of aliphatic hydroxyl groups is 1. The highest BCUT2D eigenvalue weighted by atomic mass is 35.5. The molecule has 1 aliphatic heterocycles. The smallest absolute Gasteiger partial charge is 0.304 e. The summed E-state index contributed by atoms with van der Waals surface area (Å²) in [6.45, 7) is -0.0361. The molecular weight excluding hydrogens is 489 g/mol. The Balaban J connectivity index is 1.83. The van der Waals surface area contributed by atoms with E-state index in [1.165, 1.54) is 4.90 Å². The zero-order chi connectivity index (χ0) is 25.1. The van der Waals surface area contributed by atoms with Gasteiger partial charge in [0.05, 0.1) is 18.0 Å². The van der Waals surface area contributed by atoms with Crippen LogP contribution in [0, 0.1) is 0 Å². The van der Waals surface area contributed by atoms with Gasteiger partial charge < -0.3 is 15.1 Å². The van der Waals surface area contributed by atoms with Crippen molar-refractivity contribution in [2.75, 3.05) is 6.54 Å². The van der Waals surface area contributed by atoms with Gasteiger partial charge in [0, 0.05) is 28.1 Å². The first-order valence-corrected chi connectivity index (χ1v) is 11.6. The zero-order valence-electron chi connectivity index (χ0n) is 18.4. The van der Waals surface area contributed by atoms with Gasteiger partial charge in [0.15, 0.2) is 0 Å². The Bertz CT molecular complexity index is 1290. The molecule has 178 valence electrons. The minimum Gasteiger partial charge on any atom is -0.507 e. The Morgan fingerprint density at radius 1 is 0.857 bits per heavy atom. The van der Waals surface area contributed by atoms with Crippen molar-refractivity contribution in [2.45, 2.75) is 18.4 Å². The molecule has 8 heteroatoms. The number of carboxylic acids is 1. The van der Waals surface area contributed by atoms with Crippen molar-refractivity contribution in [2.24, 2.45) is 0 Å². The van der Waals surface area contributed by atoms with Gasteiger partial charge in [-0.05, 0) is 47.5 Å². The lowest BCUT2D eigenvalue weighted by Gasteiger charge is -2.29. The summed E-state index contributed by atoms with van der Waals surface area (Å²) in [5.41, 5.74) is 1.54. The van der Waals surface area contributed by atoms with E-state index in [-0.39, 0.29) is 24.3 Å². The molecule has 1 fully saturated rings. The molecule has 4 rings (SSSR count). The summed E-state index contributed by atoms with van der Waals surface area (Å²) >= 11 is 12.0. The van der Waals surface area contributed by atoms with Crippen LogP contribution in [0.25, 0.3) is 5.76 Å². The fraction of sp³-hybridized carbons (Fsp3) is 0.148. The van der Waals surface area contributed by atoms with Crippen molar-refractivity contribution in [3.8, 4) is 0 Å². The van der Waals surface area contributed by atoms with Gasteiger partial charge in [0.1, 0.15) is 5.76 Å². The quantitative estimate of drug-likeness (QED) is 0.243. The molecule has 6 nitrogen and oxygen atoms in total. The maximum Gasteiger partial charge on any atom is 0.304 e. The van der Waals surface area contributed by atoms with Crippen molar-refractivity contribution in [3.05, 3.63) is 111 Å². The zero-order valence-corrected chi connectivity index (χ0v) is 19.9. The van der Waals surface area contributed by atoms with E-state index in [0.717, 1.165) is 5.56 Å². The van der Waals surface area contributed by atoms with Crippen LogP contribution in [0.3, 0.4) is 0 Å². The number of ketones is 1. The highest BCUT2D eigenvalue weighted by Gasteiger charge is 2.46. The average molecular weight is 510 g/mol. The summed E-state index contributed by atoms with van der Waals surface area (Å²) in [5.74, 6) is -3.60. The van der Waals surface area contributed by atoms with E-state index in [1.807, 2.05) is 6.07 Å². The van der Waals surface area contributed by atoms with Crippen LogP contribution >= 0.6 is 23.2 Å². The van der Waals surface area contributed by atoms with Gasteiger partial charge in [-0.3, -0.25) is 14.4 Å². The topological polar surface area (TPSA) is 94.9 Å². The molecule has 0 spiro atoms. The van der Waals surface area contributed by atoms with E-state index in [4.69, 9.17) is 23.2 Å². The van der Waals surface area contributed by atoms with Crippen LogP contribution in [0.1, 0.15) is 35.1 Å². The van der Waals surface area contributed by atoms with Crippen LogP contribution < -0.4 is 0 Å². The fourth-order valence-corrected chi connectivity index (χ4v) is 4.54. The fourth-order valence-electron chi connectivity index (χ4n) is 4.28. The second kappa shape index (κ2) is 10.3. The highest BCUT2D eigenvalue weighted by Crippen LogP contribution is 2.41. The summed E-state index contributed by atoms with van der Waals surface area (Å²) in [6, 6.07) is 20.9. The second-order valence-corrected chi connectivity index (χ2v) is 9.09. The lowest BCUT2D eigenvalue weighted by molar-refractivity contribution is -0.141. The summed E-state index contributed by atoms with van der Waals surface area (Å²) in [5, 5.41) is 21.6. The summed E-state index contributed by atoms with van der Waals surface area (Å²) in [4.78, 5) is 39.4. The second-order valence-electron chi connectivity index (χ2n) is 8.22. The van der Waals surface area contributed by atoms with Gasteiger partial charge in [-0.1, -0.05) is 65.7 Å². The molecule has 2 N–H and O–H groups in total. The van der Waals surface area contributed by atoms with Crippen LogP contribution in [-0.4, -0.2) is 39.3 Å². The number of rotatable bonds is 7. The predicted octanol–water partition coefficient (Wildman–Crippen LogP) is 5.67. The van der Waals surface area contributed by atoms with Crippen molar-refractivity contribution in [3.63, 3.8) is 0 Å². The van der Waals surface area contributed by atoms with E-state index in [9.17, 15) is 24.6 Å².